The zero-order valence-electron chi connectivity index (χ0n) is 17.4. The molecule has 0 saturated carbocycles. The van der Waals surface area contributed by atoms with Crippen LogP contribution in [0.4, 0.5) is 0 Å². The largest absolute Gasteiger partial charge is 0.323 e. The van der Waals surface area contributed by atoms with Crippen LogP contribution in [0.5, 0.6) is 0 Å². The number of fused-ring (bicyclic) bond motifs is 4. The van der Waals surface area contributed by atoms with Gasteiger partial charge in [0.05, 0.1) is 24.0 Å². The van der Waals surface area contributed by atoms with Gasteiger partial charge < -0.3 is 4.57 Å². The van der Waals surface area contributed by atoms with Gasteiger partial charge in [0.1, 0.15) is 5.52 Å². The van der Waals surface area contributed by atoms with E-state index in [2.05, 4.69) is 40.4 Å². The molecule has 4 heterocycles. The summed E-state index contributed by atoms with van der Waals surface area (Å²) < 4.78 is 5.46. The van der Waals surface area contributed by atoms with Gasteiger partial charge in [0.2, 0.25) is 0 Å². The lowest BCUT2D eigenvalue weighted by molar-refractivity contribution is 0.643. The maximum Gasteiger partial charge on any atom is 0.291 e. The first-order chi connectivity index (χ1) is 15.7. The Bertz CT molecular complexity index is 1560. The summed E-state index contributed by atoms with van der Waals surface area (Å²) in [7, 11) is 1.91. The Hall–Kier alpha value is -3.23. The Kier molecular flexibility index (Phi) is 4.69. The predicted molar refractivity (Wildman–Crippen MR) is 131 cm³/mol. The van der Waals surface area contributed by atoms with Gasteiger partial charge in [-0.1, -0.05) is 60.3 Å². The third-order valence-electron chi connectivity index (χ3n) is 5.80. The minimum Gasteiger partial charge on any atom is -0.323 e. The highest BCUT2D eigenvalue weighted by Crippen LogP contribution is 2.36. The van der Waals surface area contributed by atoms with Crippen LogP contribution in [0.1, 0.15) is 22.3 Å². The summed E-state index contributed by atoms with van der Waals surface area (Å²) in [6.45, 7) is 1.13. The number of hydrogen-bond donors (Lipinski definition) is 0. The minimum atomic E-state index is -0.0961. The van der Waals surface area contributed by atoms with Crippen LogP contribution >= 0.6 is 23.1 Å². The van der Waals surface area contributed by atoms with Crippen molar-refractivity contribution in [1.82, 2.24) is 19.3 Å². The lowest BCUT2D eigenvalue weighted by Gasteiger charge is -2.09. The van der Waals surface area contributed by atoms with Crippen molar-refractivity contribution < 1.29 is 0 Å². The van der Waals surface area contributed by atoms with Gasteiger partial charge in [-0.25, -0.2) is 9.67 Å². The Morgan fingerprint density at radius 1 is 1.12 bits per heavy atom. The van der Waals surface area contributed by atoms with Gasteiger partial charge in [0.15, 0.2) is 9.99 Å². The highest BCUT2D eigenvalue weighted by atomic mass is 32.2. The third kappa shape index (κ3) is 3.18. The van der Waals surface area contributed by atoms with E-state index in [0.29, 0.717) is 18.6 Å². The van der Waals surface area contributed by atoms with Crippen LogP contribution in [0.2, 0.25) is 0 Å². The molecule has 2 aromatic carbocycles. The number of rotatable bonds is 5. The van der Waals surface area contributed by atoms with Gasteiger partial charge in [-0.05, 0) is 16.7 Å². The maximum atomic E-state index is 13.3. The fraction of sp³-hybridized carbons (Fsp3) is 0.167. The molecule has 1 aliphatic rings. The molecule has 0 N–H and O–H groups in total. The second-order valence-electron chi connectivity index (χ2n) is 7.80. The van der Waals surface area contributed by atoms with Crippen molar-refractivity contribution in [1.29, 1.82) is 0 Å². The summed E-state index contributed by atoms with van der Waals surface area (Å²) in [5.41, 5.74) is 6.02. The van der Waals surface area contributed by atoms with E-state index in [9.17, 15) is 4.79 Å². The van der Waals surface area contributed by atoms with Gasteiger partial charge in [0.25, 0.3) is 5.56 Å². The van der Waals surface area contributed by atoms with Crippen LogP contribution in [0.15, 0.2) is 68.9 Å². The van der Waals surface area contributed by atoms with E-state index < -0.39 is 0 Å². The smallest absolute Gasteiger partial charge is 0.291 e. The van der Waals surface area contributed by atoms with Gasteiger partial charge in [-0.2, -0.15) is 5.10 Å². The summed E-state index contributed by atoms with van der Waals surface area (Å²) in [6.07, 6.45) is 3.70. The monoisotopic (exact) mass is 457 g/mol. The molecule has 8 heteroatoms. The molecule has 0 unspecified atom stereocenters. The standard InChI is InChI=1S/C24H19N5OS2/c1-28-20-19(21-22(28)27-24(32-21)31-14-15-6-3-2-4-7-15)12-26-29(23(20)30)13-17-9-5-8-16-10-25-11-18(16)17/h2-9,11-12H,10,13-14H2,1H3. The highest BCUT2D eigenvalue weighted by molar-refractivity contribution is 8.00. The molecule has 0 saturated heterocycles. The van der Waals surface area contributed by atoms with E-state index in [1.807, 2.05) is 36.0 Å². The van der Waals surface area contributed by atoms with E-state index in [0.717, 1.165) is 37.0 Å². The molecule has 5 aromatic rings. The van der Waals surface area contributed by atoms with Gasteiger partial charge >= 0.3 is 0 Å². The van der Waals surface area contributed by atoms with Crippen molar-refractivity contribution >= 4 is 50.6 Å². The molecule has 0 bridgehead atoms. The lowest BCUT2D eigenvalue weighted by Crippen LogP contribution is -2.25. The fourth-order valence-electron chi connectivity index (χ4n) is 4.17. The van der Waals surface area contributed by atoms with Crippen molar-refractivity contribution in [3.63, 3.8) is 0 Å². The topological polar surface area (TPSA) is 65.1 Å². The minimum absolute atomic E-state index is 0.0961. The molecule has 6 rings (SSSR count). The van der Waals surface area contributed by atoms with E-state index in [-0.39, 0.29) is 5.56 Å². The normalized spacial score (nSPS) is 12.8. The number of aromatic nitrogens is 4. The molecule has 0 aliphatic carbocycles. The third-order valence-corrected chi connectivity index (χ3v) is 8.09. The van der Waals surface area contributed by atoms with Gasteiger partial charge in [-0.3, -0.25) is 9.79 Å². The first-order valence-electron chi connectivity index (χ1n) is 10.3. The molecule has 0 spiro atoms. The van der Waals surface area contributed by atoms with Crippen molar-refractivity contribution in [2.45, 2.75) is 23.2 Å². The zero-order valence-corrected chi connectivity index (χ0v) is 19.0. The average molecular weight is 458 g/mol. The lowest BCUT2D eigenvalue weighted by atomic mass is 10.0. The molecular formula is C24H19N5OS2. The number of aliphatic imine (C=N–C) groups is 1. The number of benzene rings is 2. The van der Waals surface area contributed by atoms with E-state index in [1.54, 1.807) is 34.0 Å². The van der Waals surface area contributed by atoms with E-state index in [4.69, 9.17) is 4.98 Å². The first-order valence-corrected chi connectivity index (χ1v) is 12.1. The second-order valence-corrected chi connectivity index (χ2v) is 10.0. The molecule has 158 valence electrons. The van der Waals surface area contributed by atoms with E-state index >= 15 is 0 Å². The van der Waals surface area contributed by atoms with E-state index in [1.165, 1.54) is 11.1 Å². The van der Waals surface area contributed by atoms with Crippen LogP contribution in [0.3, 0.4) is 0 Å². The average Bonchev–Trinajstić information content (AvgIpc) is 3.52. The zero-order chi connectivity index (χ0) is 21.7. The molecule has 0 radical (unpaired) electrons. The number of nitrogens with zero attached hydrogens (tertiary/aromatic N) is 5. The molecule has 32 heavy (non-hydrogen) atoms. The number of aryl methyl sites for hydroxylation is 1. The predicted octanol–water partition coefficient (Wildman–Crippen LogP) is 4.62. The molecule has 0 amide bonds. The molecule has 1 aliphatic heterocycles. The maximum absolute atomic E-state index is 13.3. The fourth-order valence-corrected chi connectivity index (χ4v) is 6.30. The van der Waals surface area contributed by atoms with Crippen molar-refractivity contribution in [3.8, 4) is 0 Å². The van der Waals surface area contributed by atoms with Crippen LogP contribution in [-0.2, 0) is 25.9 Å². The molecular weight excluding hydrogens is 438 g/mol. The van der Waals surface area contributed by atoms with Gasteiger partial charge in [0, 0.05) is 30.0 Å². The van der Waals surface area contributed by atoms with Crippen molar-refractivity contribution in [2.24, 2.45) is 12.0 Å². The summed E-state index contributed by atoms with van der Waals surface area (Å²) in [5.74, 6) is 0.869. The van der Waals surface area contributed by atoms with Crippen LogP contribution in [-0.4, -0.2) is 25.5 Å². The Balaban J connectivity index is 1.36. The summed E-state index contributed by atoms with van der Waals surface area (Å²) in [5, 5.41) is 5.38. The second kappa shape index (κ2) is 7.72. The SMILES string of the molecule is Cn1c2nc(SCc3ccccc3)sc2c2cnn(Cc3cccc4c3C=NC4)c(=O)c21. The summed E-state index contributed by atoms with van der Waals surface area (Å²) >= 11 is 3.35. The molecule has 3 aromatic heterocycles. The molecule has 6 nitrogen and oxygen atoms in total. The Morgan fingerprint density at radius 3 is 2.88 bits per heavy atom. The highest BCUT2D eigenvalue weighted by Gasteiger charge is 2.19. The first kappa shape index (κ1) is 19.5. The number of thiazole rings is 1. The van der Waals surface area contributed by atoms with Crippen LogP contribution in [0, 0.1) is 0 Å². The van der Waals surface area contributed by atoms with Crippen molar-refractivity contribution in [3.05, 3.63) is 87.3 Å². The number of thioether (sulfide) groups is 1. The van der Waals surface area contributed by atoms with Crippen molar-refractivity contribution in [2.75, 3.05) is 0 Å². The van der Waals surface area contributed by atoms with Gasteiger partial charge in [-0.15, -0.1) is 11.3 Å². The van der Waals surface area contributed by atoms with Crippen LogP contribution < -0.4 is 5.56 Å². The molecule has 0 atom stereocenters. The summed E-state index contributed by atoms with van der Waals surface area (Å²) in [4.78, 5) is 22.5. The Morgan fingerprint density at radius 2 is 2.00 bits per heavy atom. The number of hydrogen-bond acceptors (Lipinski definition) is 6. The quantitative estimate of drug-likeness (QED) is 0.361. The van der Waals surface area contributed by atoms with Crippen LogP contribution in [0.25, 0.3) is 21.3 Å². The summed E-state index contributed by atoms with van der Waals surface area (Å²) in [6, 6.07) is 16.5. The Labute approximate surface area is 192 Å². The molecule has 0 fully saturated rings.